The third-order valence-corrected chi connectivity index (χ3v) is 2.79. The number of benzene rings is 1. The van der Waals surface area contributed by atoms with Crippen LogP contribution in [0.5, 0.6) is 11.6 Å². The minimum Gasteiger partial charge on any atom is -0.432 e. The van der Waals surface area contributed by atoms with Gasteiger partial charge in [-0.1, -0.05) is 30.1 Å². The van der Waals surface area contributed by atoms with Gasteiger partial charge in [0, 0.05) is 23.6 Å². The molecule has 0 saturated heterocycles. The molecule has 0 atom stereocenters. The molecule has 1 heterocycles. The predicted octanol–water partition coefficient (Wildman–Crippen LogP) is 4.05. The molecule has 0 fully saturated rings. The Morgan fingerprint density at radius 1 is 1.30 bits per heavy atom. The lowest BCUT2D eigenvalue weighted by Gasteiger charge is -2.07. The van der Waals surface area contributed by atoms with Crippen LogP contribution in [0.1, 0.15) is 12.7 Å². The second kappa shape index (κ2) is 6.02. The molecule has 8 heteroatoms. The van der Waals surface area contributed by atoms with Crippen molar-refractivity contribution in [2.75, 3.05) is 0 Å². The standard InChI is InChI=1S/C12H9Cl2N3O3/c1-2-11-15-10(14)6-12(16-11)20-9-4-3-7(13)5-8(9)17(18)19/h3-6H,2H2,1H3. The van der Waals surface area contributed by atoms with E-state index in [4.69, 9.17) is 27.9 Å². The summed E-state index contributed by atoms with van der Waals surface area (Å²) < 4.78 is 5.41. The van der Waals surface area contributed by atoms with E-state index in [0.717, 1.165) is 0 Å². The molecule has 1 aromatic heterocycles. The van der Waals surface area contributed by atoms with E-state index in [1.807, 2.05) is 6.92 Å². The fourth-order valence-corrected chi connectivity index (χ4v) is 1.84. The number of rotatable bonds is 4. The lowest BCUT2D eigenvalue weighted by molar-refractivity contribution is -0.385. The number of ether oxygens (including phenoxy) is 1. The molecular formula is C12H9Cl2N3O3. The van der Waals surface area contributed by atoms with Crippen molar-refractivity contribution in [3.63, 3.8) is 0 Å². The first-order valence-electron chi connectivity index (χ1n) is 5.65. The Morgan fingerprint density at radius 3 is 2.70 bits per heavy atom. The molecule has 2 aromatic rings. The summed E-state index contributed by atoms with van der Waals surface area (Å²) in [5.74, 6) is 0.674. The van der Waals surface area contributed by atoms with E-state index in [0.29, 0.717) is 12.2 Å². The molecule has 0 amide bonds. The summed E-state index contributed by atoms with van der Waals surface area (Å²) >= 11 is 11.6. The molecule has 0 N–H and O–H groups in total. The van der Waals surface area contributed by atoms with Crippen LogP contribution in [0.3, 0.4) is 0 Å². The van der Waals surface area contributed by atoms with E-state index in [9.17, 15) is 10.1 Å². The lowest BCUT2D eigenvalue weighted by Crippen LogP contribution is -1.98. The summed E-state index contributed by atoms with van der Waals surface area (Å²) in [6.45, 7) is 1.86. The summed E-state index contributed by atoms with van der Waals surface area (Å²) in [4.78, 5) is 18.5. The van der Waals surface area contributed by atoms with Crippen molar-refractivity contribution in [3.05, 3.63) is 50.4 Å². The quantitative estimate of drug-likeness (QED) is 0.483. The zero-order valence-electron chi connectivity index (χ0n) is 10.3. The Balaban J connectivity index is 2.39. The van der Waals surface area contributed by atoms with Crippen LogP contribution < -0.4 is 4.74 Å². The van der Waals surface area contributed by atoms with Crippen LogP contribution in [0.15, 0.2) is 24.3 Å². The molecule has 2 rings (SSSR count). The summed E-state index contributed by atoms with van der Waals surface area (Å²) in [7, 11) is 0. The van der Waals surface area contributed by atoms with Gasteiger partial charge in [0.05, 0.1) is 4.92 Å². The topological polar surface area (TPSA) is 78.2 Å². The van der Waals surface area contributed by atoms with Crippen LogP contribution in [0, 0.1) is 10.1 Å². The zero-order chi connectivity index (χ0) is 14.7. The van der Waals surface area contributed by atoms with Crippen LogP contribution in [0.25, 0.3) is 0 Å². The molecule has 0 aliphatic heterocycles. The fraction of sp³-hybridized carbons (Fsp3) is 0.167. The van der Waals surface area contributed by atoms with Gasteiger partial charge in [-0.3, -0.25) is 10.1 Å². The third-order valence-electron chi connectivity index (χ3n) is 2.37. The molecule has 0 unspecified atom stereocenters. The largest absolute Gasteiger partial charge is 0.432 e. The Kier molecular flexibility index (Phi) is 4.36. The predicted molar refractivity (Wildman–Crippen MR) is 74.6 cm³/mol. The van der Waals surface area contributed by atoms with Crippen LogP contribution in [0.2, 0.25) is 10.2 Å². The van der Waals surface area contributed by atoms with E-state index in [-0.39, 0.29) is 27.5 Å². The molecule has 0 aliphatic rings. The minimum absolute atomic E-state index is 0.0382. The Bertz CT molecular complexity index is 664. The van der Waals surface area contributed by atoms with Gasteiger partial charge in [0.1, 0.15) is 11.0 Å². The number of nitrogens with zero attached hydrogens (tertiary/aromatic N) is 3. The van der Waals surface area contributed by atoms with Crippen LogP contribution in [-0.2, 0) is 6.42 Å². The minimum atomic E-state index is -0.579. The monoisotopic (exact) mass is 313 g/mol. The highest BCUT2D eigenvalue weighted by Crippen LogP contribution is 2.33. The van der Waals surface area contributed by atoms with Gasteiger partial charge >= 0.3 is 5.69 Å². The first-order chi connectivity index (χ1) is 9.49. The van der Waals surface area contributed by atoms with Crippen molar-refractivity contribution in [1.29, 1.82) is 0 Å². The van der Waals surface area contributed by atoms with E-state index in [1.165, 1.54) is 24.3 Å². The highest BCUT2D eigenvalue weighted by atomic mass is 35.5. The maximum atomic E-state index is 11.0. The SMILES string of the molecule is CCc1nc(Cl)cc(Oc2ccc(Cl)cc2[N+](=O)[O-])n1. The molecule has 0 radical (unpaired) electrons. The number of aromatic nitrogens is 2. The van der Waals surface area contributed by atoms with E-state index >= 15 is 0 Å². The molecule has 6 nitrogen and oxygen atoms in total. The highest BCUT2D eigenvalue weighted by molar-refractivity contribution is 6.30. The highest BCUT2D eigenvalue weighted by Gasteiger charge is 2.17. The number of nitro groups is 1. The van der Waals surface area contributed by atoms with Crippen molar-refractivity contribution in [2.24, 2.45) is 0 Å². The van der Waals surface area contributed by atoms with Gasteiger partial charge in [-0.05, 0) is 12.1 Å². The first-order valence-corrected chi connectivity index (χ1v) is 6.40. The molecule has 0 saturated carbocycles. The molecule has 0 aliphatic carbocycles. The Hall–Kier alpha value is -1.92. The van der Waals surface area contributed by atoms with E-state index in [2.05, 4.69) is 9.97 Å². The van der Waals surface area contributed by atoms with Crippen LogP contribution in [0.4, 0.5) is 5.69 Å². The summed E-state index contributed by atoms with van der Waals surface area (Å²) in [6.07, 6.45) is 0.569. The van der Waals surface area contributed by atoms with Gasteiger partial charge in [-0.25, -0.2) is 4.98 Å². The molecule has 104 valence electrons. The number of hydrogen-bond donors (Lipinski definition) is 0. The Morgan fingerprint density at radius 2 is 2.05 bits per heavy atom. The number of nitro benzene ring substituents is 1. The molecule has 0 spiro atoms. The first kappa shape index (κ1) is 14.5. The van der Waals surface area contributed by atoms with E-state index < -0.39 is 4.92 Å². The van der Waals surface area contributed by atoms with Crippen LogP contribution >= 0.6 is 23.2 Å². The average molecular weight is 314 g/mol. The zero-order valence-corrected chi connectivity index (χ0v) is 11.9. The summed E-state index contributed by atoms with van der Waals surface area (Å²) in [5.41, 5.74) is -0.245. The van der Waals surface area contributed by atoms with Crippen molar-refractivity contribution in [3.8, 4) is 11.6 Å². The summed E-state index contributed by atoms with van der Waals surface area (Å²) in [5, 5.41) is 11.4. The Labute approximate surface area is 124 Å². The summed E-state index contributed by atoms with van der Waals surface area (Å²) in [6, 6.07) is 5.50. The van der Waals surface area contributed by atoms with Crippen molar-refractivity contribution >= 4 is 28.9 Å². The molecule has 20 heavy (non-hydrogen) atoms. The van der Waals surface area contributed by atoms with Crippen molar-refractivity contribution in [1.82, 2.24) is 9.97 Å². The fourth-order valence-electron chi connectivity index (χ4n) is 1.48. The smallest absolute Gasteiger partial charge is 0.313 e. The van der Waals surface area contributed by atoms with Gasteiger partial charge in [-0.15, -0.1) is 0 Å². The number of aryl methyl sites for hydroxylation is 1. The van der Waals surface area contributed by atoms with Gasteiger partial charge < -0.3 is 4.74 Å². The maximum Gasteiger partial charge on any atom is 0.313 e. The molecule has 1 aromatic carbocycles. The van der Waals surface area contributed by atoms with Gasteiger partial charge in [0.25, 0.3) is 0 Å². The van der Waals surface area contributed by atoms with E-state index in [1.54, 1.807) is 0 Å². The molecular weight excluding hydrogens is 305 g/mol. The van der Waals surface area contributed by atoms with Gasteiger partial charge in [0.15, 0.2) is 0 Å². The number of halogens is 2. The lowest BCUT2D eigenvalue weighted by atomic mass is 10.3. The van der Waals surface area contributed by atoms with Gasteiger partial charge in [-0.2, -0.15) is 4.98 Å². The maximum absolute atomic E-state index is 11.0. The second-order valence-corrected chi connectivity index (χ2v) is 4.59. The number of hydrogen-bond acceptors (Lipinski definition) is 5. The second-order valence-electron chi connectivity index (χ2n) is 3.77. The average Bonchev–Trinajstić information content (AvgIpc) is 2.40. The third kappa shape index (κ3) is 3.34. The van der Waals surface area contributed by atoms with Gasteiger partial charge in [0.2, 0.25) is 11.6 Å². The van der Waals surface area contributed by atoms with Crippen LogP contribution in [-0.4, -0.2) is 14.9 Å². The van der Waals surface area contributed by atoms with Crippen molar-refractivity contribution < 1.29 is 9.66 Å². The normalized spacial score (nSPS) is 10.3. The molecule has 0 bridgehead atoms. The van der Waals surface area contributed by atoms with Crippen molar-refractivity contribution in [2.45, 2.75) is 13.3 Å².